The van der Waals surface area contributed by atoms with Gasteiger partial charge in [-0.3, -0.25) is 0 Å². The molecule has 9 heteroatoms. The van der Waals surface area contributed by atoms with Gasteiger partial charge in [0, 0.05) is 44.1 Å². The van der Waals surface area contributed by atoms with E-state index in [9.17, 15) is 0 Å². The maximum atomic E-state index is 8.96. The van der Waals surface area contributed by atoms with Crippen LogP contribution in [0.4, 0.5) is 11.6 Å². The topological polar surface area (TPSA) is 86.8 Å². The summed E-state index contributed by atoms with van der Waals surface area (Å²) in [6.45, 7) is 7.06. The van der Waals surface area contributed by atoms with Crippen molar-refractivity contribution in [3.63, 3.8) is 0 Å². The van der Waals surface area contributed by atoms with Gasteiger partial charge in [-0.05, 0) is 26.0 Å². The first-order valence-electron chi connectivity index (χ1n) is 8.96. The highest BCUT2D eigenvalue weighted by Gasteiger charge is 2.21. The van der Waals surface area contributed by atoms with Crippen molar-refractivity contribution < 1.29 is 0 Å². The van der Waals surface area contributed by atoms with Crippen LogP contribution < -0.4 is 9.80 Å². The molecule has 1 aliphatic rings. The summed E-state index contributed by atoms with van der Waals surface area (Å²) in [6, 6.07) is 7.69. The molecule has 1 fully saturated rings. The number of hydrogen-bond donors (Lipinski definition) is 0. The molecule has 8 nitrogen and oxygen atoms in total. The third kappa shape index (κ3) is 3.49. The van der Waals surface area contributed by atoms with Crippen LogP contribution in [0.2, 0.25) is 5.02 Å². The number of piperazine rings is 1. The summed E-state index contributed by atoms with van der Waals surface area (Å²) in [5.74, 6) is 2.34. The molecule has 0 bridgehead atoms. The van der Waals surface area contributed by atoms with Crippen molar-refractivity contribution in [3.8, 4) is 11.9 Å². The number of anilines is 2. The fourth-order valence-corrected chi connectivity index (χ4v) is 3.64. The highest BCUT2D eigenvalue weighted by atomic mass is 35.5. The van der Waals surface area contributed by atoms with Gasteiger partial charge in [-0.15, -0.1) is 0 Å². The number of hydrogen-bond acceptors (Lipinski definition) is 7. The van der Waals surface area contributed by atoms with Gasteiger partial charge in [0.25, 0.3) is 0 Å². The van der Waals surface area contributed by atoms with Crippen molar-refractivity contribution in [1.29, 1.82) is 5.26 Å². The number of nitrogens with zero attached hydrogens (tertiary/aromatic N) is 8. The molecule has 4 rings (SSSR count). The van der Waals surface area contributed by atoms with E-state index in [2.05, 4.69) is 35.9 Å². The van der Waals surface area contributed by atoms with Crippen LogP contribution in [0, 0.1) is 25.2 Å². The van der Waals surface area contributed by atoms with Gasteiger partial charge in [0.05, 0.1) is 16.3 Å². The smallest absolute Gasteiger partial charge is 0.159 e. The first kappa shape index (κ1) is 18.2. The van der Waals surface area contributed by atoms with E-state index in [1.54, 1.807) is 18.6 Å². The molecule has 0 atom stereocenters. The molecule has 0 aliphatic carbocycles. The minimum Gasteiger partial charge on any atom is -0.353 e. The van der Waals surface area contributed by atoms with Gasteiger partial charge in [0.2, 0.25) is 0 Å². The quantitative estimate of drug-likeness (QED) is 0.674. The average Bonchev–Trinajstić information content (AvgIpc) is 3.06. The fourth-order valence-electron chi connectivity index (χ4n) is 3.36. The highest BCUT2D eigenvalue weighted by molar-refractivity contribution is 6.33. The van der Waals surface area contributed by atoms with Gasteiger partial charge in [0.15, 0.2) is 5.82 Å². The number of nitriles is 1. The number of aryl methyl sites for hydroxylation is 2. The number of halogens is 1. The molecule has 1 saturated heterocycles. The van der Waals surface area contributed by atoms with Crippen LogP contribution in [0.3, 0.4) is 0 Å². The molecule has 0 spiro atoms. The zero-order valence-electron chi connectivity index (χ0n) is 15.7. The lowest BCUT2D eigenvalue weighted by molar-refractivity contribution is 0.640. The Morgan fingerprint density at radius 3 is 2.32 bits per heavy atom. The van der Waals surface area contributed by atoms with E-state index in [0.29, 0.717) is 16.4 Å². The second-order valence-corrected chi connectivity index (χ2v) is 7.10. The molecule has 1 aliphatic heterocycles. The van der Waals surface area contributed by atoms with Crippen molar-refractivity contribution in [2.45, 2.75) is 13.8 Å². The van der Waals surface area contributed by atoms with Gasteiger partial charge >= 0.3 is 0 Å². The predicted molar refractivity (Wildman–Crippen MR) is 107 cm³/mol. The molecule has 4 heterocycles. The third-order valence-corrected chi connectivity index (χ3v) is 5.00. The minimum atomic E-state index is 0.463. The monoisotopic (exact) mass is 394 g/mol. The number of rotatable bonds is 3. The standard InChI is InChI=1S/C19H19ClN8/c1-13-7-14(2)28(25-13)18-9-17(23-12-24-18)26-3-5-27(6-4-26)19-16(20)8-15(10-21)11-22-19/h7-9,11-12H,3-6H2,1-2H3. The fraction of sp³-hybridized carbons (Fsp3) is 0.316. The van der Waals surface area contributed by atoms with Crippen LogP contribution in [-0.2, 0) is 0 Å². The lowest BCUT2D eigenvalue weighted by Gasteiger charge is -2.36. The maximum absolute atomic E-state index is 8.96. The Morgan fingerprint density at radius 1 is 0.964 bits per heavy atom. The van der Waals surface area contributed by atoms with Crippen molar-refractivity contribution in [1.82, 2.24) is 24.7 Å². The lowest BCUT2D eigenvalue weighted by Crippen LogP contribution is -2.47. The van der Waals surface area contributed by atoms with E-state index in [4.69, 9.17) is 16.9 Å². The van der Waals surface area contributed by atoms with Gasteiger partial charge in [0.1, 0.15) is 24.0 Å². The summed E-state index contributed by atoms with van der Waals surface area (Å²) >= 11 is 6.30. The summed E-state index contributed by atoms with van der Waals surface area (Å²) < 4.78 is 1.83. The first-order valence-corrected chi connectivity index (χ1v) is 9.34. The Morgan fingerprint density at radius 2 is 1.68 bits per heavy atom. The van der Waals surface area contributed by atoms with Crippen LogP contribution in [-0.4, -0.2) is 50.9 Å². The molecule has 3 aromatic heterocycles. The van der Waals surface area contributed by atoms with Crippen molar-refractivity contribution in [3.05, 3.63) is 52.7 Å². The Bertz CT molecular complexity index is 1050. The van der Waals surface area contributed by atoms with Crippen molar-refractivity contribution in [2.24, 2.45) is 0 Å². The predicted octanol–water partition coefficient (Wildman–Crippen LogP) is 2.53. The van der Waals surface area contributed by atoms with Crippen LogP contribution in [0.1, 0.15) is 17.0 Å². The second-order valence-electron chi connectivity index (χ2n) is 6.69. The van der Waals surface area contributed by atoms with Gasteiger partial charge < -0.3 is 9.80 Å². The molecular formula is C19H19ClN8. The maximum Gasteiger partial charge on any atom is 0.159 e. The van der Waals surface area contributed by atoms with Gasteiger partial charge in [-0.2, -0.15) is 10.4 Å². The van der Waals surface area contributed by atoms with E-state index in [1.807, 2.05) is 30.7 Å². The summed E-state index contributed by atoms with van der Waals surface area (Å²) in [7, 11) is 0. The van der Waals surface area contributed by atoms with E-state index in [1.165, 1.54) is 0 Å². The largest absolute Gasteiger partial charge is 0.353 e. The van der Waals surface area contributed by atoms with Gasteiger partial charge in [-0.1, -0.05) is 11.6 Å². The molecule has 0 saturated carbocycles. The lowest BCUT2D eigenvalue weighted by atomic mass is 10.2. The Kier molecular flexibility index (Phi) is 4.84. The van der Waals surface area contributed by atoms with Crippen LogP contribution >= 0.6 is 11.6 Å². The van der Waals surface area contributed by atoms with E-state index < -0.39 is 0 Å². The third-order valence-electron chi connectivity index (χ3n) is 4.72. The Hall–Kier alpha value is -3.18. The van der Waals surface area contributed by atoms with E-state index >= 15 is 0 Å². The summed E-state index contributed by atoms with van der Waals surface area (Å²) in [4.78, 5) is 17.5. The zero-order valence-corrected chi connectivity index (χ0v) is 16.4. The van der Waals surface area contributed by atoms with Crippen molar-refractivity contribution in [2.75, 3.05) is 36.0 Å². The normalized spacial score (nSPS) is 14.2. The van der Waals surface area contributed by atoms with Crippen LogP contribution in [0.5, 0.6) is 0 Å². The van der Waals surface area contributed by atoms with Crippen LogP contribution in [0.25, 0.3) is 5.82 Å². The Balaban J connectivity index is 1.49. The average molecular weight is 395 g/mol. The highest BCUT2D eigenvalue weighted by Crippen LogP contribution is 2.26. The first-order chi connectivity index (χ1) is 13.5. The molecule has 28 heavy (non-hydrogen) atoms. The number of pyridine rings is 1. The van der Waals surface area contributed by atoms with Crippen LogP contribution in [0.15, 0.2) is 30.7 Å². The minimum absolute atomic E-state index is 0.463. The van der Waals surface area contributed by atoms with Crippen molar-refractivity contribution >= 4 is 23.2 Å². The molecule has 0 N–H and O–H groups in total. The number of aromatic nitrogens is 5. The van der Waals surface area contributed by atoms with E-state index in [-0.39, 0.29) is 0 Å². The summed E-state index contributed by atoms with van der Waals surface area (Å²) in [5, 5.41) is 14.0. The molecular weight excluding hydrogens is 376 g/mol. The molecule has 142 valence electrons. The van der Waals surface area contributed by atoms with Gasteiger partial charge in [-0.25, -0.2) is 19.6 Å². The second kappa shape index (κ2) is 7.44. The summed E-state index contributed by atoms with van der Waals surface area (Å²) in [6.07, 6.45) is 3.13. The summed E-state index contributed by atoms with van der Waals surface area (Å²) in [5.41, 5.74) is 2.46. The Labute approximate surface area is 168 Å². The SMILES string of the molecule is Cc1cc(C)n(-c2cc(N3CCN(c4ncc(C#N)cc4Cl)CC3)ncn2)n1. The molecule has 0 unspecified atom stereocenters. The molecule has 0 radical (unpaired) electrons. The molecule has 0 amide bonds. The van der Waals surface area contributed by atoms with E-state index in [0.717, 1.165) is 49.2 Å². The molecule has 0 aromatic carbocycles. The zero-order chi connectivity index (χ0) is 19.7. The molecule has 3 aromatic rings.